The van der Waals surface area contributed by atoms with Crippen LogP contribution in [0, 0.1) is 0 Å². The lowest BCUT2D eigenvalue weighted by molar-refractivity contribution is -0.137. The van der Waals surface area contributed by atoms with Gasteiger partial charge in [0.15, 0.2) is 0 Å². The number of nitrogens with one attached hydrogen (secondary N) is 1. The molecule has 0 radical (unpaired) electrons. The molecule has 8 nitrogen and oxygen atoms in total. The average Bonchev–Trinajstić information content (AvgIpc) is 3.06. The summed E-state index contributed by atoms with van der Waals surface area (Å²) in [7, 11) is 0. The minimum absolute atomic E-state index is 0.0192. The van der Waals surface area contributed by atoms with E-state index in [4.69, 9.17) is 5.11 Å². The zero-order valence-electron chi connectivity index (χ0n) is 11.4. The predicted octanol–water partition coefficient (Wildman–Crippen LogP) is 0.771. The molecule has 9 heteroatoms. The van der Waals surface area contributed by atoms with E-state index in [1.165, 1.54) is 16.1 Å². The molecule has 21 heavy (non-hydrogen) atoms. The molecule has 0 fully saturated rings. The highest BCUT2D eigenvalue weighted by molar-refractivity contribution is 7.08. The van der Waals surface area contributed by atoms with Crippen LogP contribution in [0.25, 0.3) is 11.4 Å². The topological polar surface area (TPSA) is 110 Å². The molecular weight excluding hydrogens is 294 g/mol. The van der Waals surface area contributed by atoms with Crippen LogP contribution in [0.1, 0.15) is 19.8 Å². The molecule has 2 aromatic heterocycles. The Bertz CT molecular complexity index is 610. The van der Waals surface area contributed by atoms with Crippen LogP contribution in [0.15, 0.2) is 16.8 Å². The lowest BCUT2D eigenvalue weighted by atomic mass is 10.2. The second kappa shape index (κ2) is 6.93. The number of aromatic nitrogens is 4. The summed E-state index contributed by atoms with van der Waals surface area (Å²) >= 11 is 1.53. The summed E-state index contributed by atoms with van der Waals surface area (Å²) in [5.74, 6) is -0.681. The first-order chi connectivity index (χ1) is 10.0. The molecule has 0 saturated heterocycles. The van der Waals surface area contributed by atoms with Crippen molar-refractivity contribution in [2.45, 2.75) is 32.4 Å². The Kier molecular flexibility index (Phi) is 4.99. The van der Waals surface area contributed by atoms with E-state index in [2.05, 4.69) is 20.7 Å². The second-order valence-electron chi connectivity index (χ2n) is 4.56. The number of amides is 1. The fourth-order valence-corrected chi connectivity index (χ4v) is 2.31. The first-order valence-corrected chi connectivity index (χ1v) is 7.30. The Hall–Kier alpha value is -2.29. The summed E-state index contributed by atoms with van der Waals surface area (Å²) in [5.41, 5.74) is 0.862. The van der Waals surface area contributed by atoms with E-state index in [9.17, 15) is 9.59 Å². The summed E-state index contributed by atoms with van der Waals surface area (Å²) in [5, 5.41) is 26.9. The van der Waals surface area contributed by atoms with Crippen molar-refractivity contribution in [3.8, 4) is 11.4 Å². The van der Waals surface area contributed by atoms with E-state index in [0.717, 1.165) is 5.56 Å². The maximum Gasteiger partial charge on any atom is 0.303 e. The minimum atomic E-state index is -0.880. The Morgan fingerprint density at radius 1 is 1.52 bits per heavy atom. The van der Waals surface area contributed by atoms with Gasteiger partial charge in [0, 0.05) is 23.4 Å². The number of tetrazole rings is 1. The second-order valence-corrected chi connectivity index (χ2v) is 5.34. The van der Waals surface area contributed by atoms with Crippen molar-refractivity contribution in [1.82, 2.24) is 25.5 Å². The lowest BCUT2D eigenvalue weighted by Crippen LogP contribution is -2.35. The van der Waals surface area contributed by atoms with Crippen LogP contribution in [0.3, 0.4) is 0 Å². The van der Waals surface area contributed by atoms with E-state index >= 15 is 0 Å². The number of carboxylic acids is 1. The smallest absolute Gasteiger partial charge is 0.303 e. The fraction of sp³-hybridized carbons (Fsp3) is 0.417. The molecule has 2 heterocycles. The maximum absolute atomic E-state index is 11.8. The molecule has 0 aliphatic carbocycles. The predicted molar refractivity (Wildman–Crippen MR) is 75.6 cm³/mol. The highest BCUT2D eigenvalue weighted by Crippen LogP contribution is 2.16. The summed E-state index contributed by atoms with van der Waals surface area (Å²) in [6.07, 6.45) is 0.400. The molecule has 0 aliphatic rings. The van der Waals surface area contributed by atoms with Gasteiger partial charge in [-0.2, -0.15) is 16.1 Å². The van der Waals surface area contributed by atoms with Crippen molar-refractivity contribution >= 4 is 23.2 Å². The zero-order valence-corrected chi connectivity index (χ0v) is 12.2. The summed E-state index contributed by atoms with van der Waals surface area (Å²) < 4.78 is 0. The number of carbonyl (C=O) groups is 2. The van der Waals surface area contributed by atoms with Crippen LogP contribution >= 0.6 is 11.3 Å². The van der Waals surface area contributed by atoms with E-state index < -0.39 is 5.97 Å². The van der Waals surface area contributed by atoms with Crippen molar-refractivity contribution in [2.75, 3.05) is 0 Å². The van der Waals surface area contributed by atoms with Crippen molar-refractivity contribution in [1.29, 1.82) is 0 Å². The molecule has 0 bridgehead atoms. The molecule has 1 amide bonds. The number of hydrogen-bond donors (Lipinski definition) is 2. The lowest BCUT2D eigenvalue weighted by Gasteiger charge is -2.11. The van der Waals surface area contributed by atoms with Gasteiger partial charge in [-0.05, 0) is 30.0 Å². The number of carboxylic acid groups (broad SMARTS) is 1. The third-order valence-electron chi connectivity index (χ3n) is 2.72. The van der Waals surface area contributed by atoms with Gasteiger partial charge in [0.1, 0.15) is 6.54 Å². The van der Waals surface area contributed by atoms with E-state index in [1.54, 1.807) is 6.92 Å². The van der Waals surface area contributed by atoms with Gasteiger partial charge in [-0.3, -0.25) is 9.59 Å². The normalized spacial score (nSPS) is 12.0. The summed E-state index contributed by atoms with van der Waals surface area (Å²) in [6, 6.07) is 1.66. The number of carbonyl (C=O) groups excluding carboxylic acids is 1. The highest BCUT2D eigenvalue weighted by Gasteiger charge is 2.12. The van der Waals surface area contributed by atoms with Crippen LogP contribution in [-0.2, 0) is 16.1 Å². The summed E-state index contributed by atoms with van der Waals surface area (Å²) in [4.78, 5) is 23.4. The molecule has 1 atom stereocenters. The number of nitrogens with zero attached hydrogens (tertiary/aromatic N) is 4. The van der Waals surface area contributed by atoms with Gasteiger partial charge in [-0.15, -0.1) is 10.2 Å². The first kappa shape index (κ1) is 15.1. The Balaban J connectivity index is 1.84. The SMILES string of the molecule is CC(CCC(=O)O)NC(=O)Cn1nnc(-c2ccsc2)n1. The molecule has 2 aromatic rings. The highest BCUT2D eigenvalue weighted by atomic mass is 32.1. The van der Waals surface area contributed by atoms with E-state index in [1.807, 2.05) is 16.8 Å². The van der Waals surface area contributed by atoms with E-state index in [0.29, 0.717) is 12.2 Å². The monoisotopic (exact) mass is 309 g/mol. The maximum atomic E-state index is 11.8. The fourth-order valence-electron chi connectivity index (χ4n) is 1.68. The van der Waals surface area contributed by atoms with Crippen LogP contribution in [0.5, 0.6) is 0 Å². The molecule has 0 aromatic carbocycles. The quantitative estimate of drug-likeness (QED) is 0.781. The Morgan fingerprint density at radius 2 is 2.33 bits per heavy atom. The molecule has 2 N–H and O–H groups in total. The van der Waals surface area contributed by atoms with Gasteiger partial charge in [-0.25, -0.2) is 0 Å². The minimum Gasteiger partial charge on any atom is -0.481 e. The third-order valence-corrected chi connectivity index (χ3v) is 3.40. The zero-order chi connectivity index (χ0) is 15.2. The number of hydrogen-bond acceptors (Lipinski definition) is 6. The molecule has 0 spiro atoms. The van der Waals surface area contributed by atoms with Crippen LogP contribution in [-0.4, -0.2) is 43.2 Å². The van der Waals surface area contributed by atoms with Crippen molar-refractivity contribution in [3.63, 3.8) is 0 Å². The number of thiophene rings is 1. The van der Waals surface area contributed by atoms with Gasteiger partial charge in [0.05, 0.1) is 0 Å². The van der Waals surface area contributed by atoms with Crippen molar-refractivity contribution < 1.29 is 14.7 Å². The van der Waals surface area contributed by atoms with Gasteiger partial charge < -0.3 is 10.4 Å². The van der Waals surface area contributed by atoms with Gasteiger partial charge in [-0.1, -0.05) is 0 Å². The van der Waals surface area contributed by atoms with Crippen LogP contribution in [0.4, 0.5) is 0 Å². The van der Waals surface area contributed by atoms with Crippen molar-refractivity contribution in [3.05, 3.63) is 16.8 Å². The van der Waals surface area contributed by atoms with Gasteiger partial charge >= 0.3 is 5.97 Å². The average molecular weight is 309 g/mol. The largest absolute Gasteiger partial charge is 0.481 e. The van der Waals surface area contributed by atoms with Crippen molar-refractivity contribution in [2.24, 2.45) is 0 Å². The number of rotatable bonds is 7. The molecule has 112 valence electrons. The molecule has 0 saturated carbocycles. The summed E-state index contributed by atoms with van der Waals surface area (Å²) in [6.45, 7) is 1.71. The third kappa shape index (κ3) is 4.63. The number of aliphatic carboxylic acids is 1. The van der Waals surface area contributed by atoms with Gasteiger partial charge in [0.25, 0.3) is 0 Å². The van der Waals surface area contributed by atoms with Gasteiger partial charge in [0.2, 0.25) is 11.7 Å². The standard InChI is InChI=1S/C12H15N5O3S/c1-8(2-3-11(19)20)13-10(18)6-17-15-12(14-16-17)9-4-5-21-7-9/h4-5,7-8H,2-3,6H2,1H3,(H,13,18)(H,19,20). The Morgan fingerprint density at radius 3 is 3.00 bits per heavy atom. The molecular formula is C12H15N5O3S. The van der Waals surface area contributed by atoms with E-state index in [-0.39, 0.29) is 24.9 Å². The Labute approximate surface area is 124 Å². The molecule has 0 aliphatic heterocycles. The first-order valence-electron chi connectivity index (χ1n) is 6.36. The van der Waals surface area contributed by atoms with Crippen LogP contribution in [0.2, 0.25) is 0 Å². The van der Waals surface area contributed by atoms with Crippen LogP contribution < -0.4 is 5.32 Å². The molecule has 1 unspecified atom stereocenters. The molecule has 2 rings (SSSR count).